The minimum Gasteiger partial charge on any atom is -0.370 e. The maximum absolute atomic E-state index is 12.6. The number of fused-ring (bicyclic) bond motifs is 1. The number of hydrogen-bond acceptors (Lipinski definition) is 2. The lowest BCUT2D eigenvalue weighted by molar-refractivity contribution is 0.924. The SMILES string of the molecule is CN(Cc1ccccc1)c1ccc2cc(-c3ccccc3)[nH]c(=O)c2c1. The van der Waals surface area contributed by atoms with Gasteiger partial charge in [-0.05, 0) is 34.7 Å². The van der Waals surface area contributed by atoms with E-state index in [-0.39, 0.29) is 5.56 Å². The summed E-state index contributed by atoms with van der Waals surface area (Å²) < 4.78 is 0. The van der Waals surface area contributed by atoms with E-state index in [4.69, 9.17) is 0 Å². The summed E-state index contributed by atoms with van der Waals surface area (Å²) in [6.07, 6.45) is 0. The van der Waals surface area contributed by atoms with Gasteiger partial charge in [0.1, 0.15) is 0 Å². The molecular formula is C23H20N2O. The number of aromatic amines is 1. The Morgan fingerprint density at radius 1 is 0.846 bits per heavy atom. The van der Waals surface area contributed by atoms with Crippen LogP contribution in [0.3, 0.4) is 0 Å². The smallest absolute Gasteiger partial charge is 0.256 e. The van der Waals surface area contributed by atoms with Gasteiger partial charge in [-0.3, -0.25) is 4.79 Å². The fourth-order valence-corrected chi connectivity index (χ4v) is 3.21. The van der Waals surface area contributed by atoms with Crippen molar-refractivity contribution in [3.05, 3.63) is 101 Å². The van der Waals surface area contributed by atoms with E-state index in [1.807, 2.05) is 73.8 Å². The normalized spacial score (nSPS) is 10.8. The summed E-state index contributed by atoms with van der Waals surface area (Å²) in [5.74, 6) is 0. The molecule has 0 aliphatic carbocycles. The number of hydrogen-bond donors (Lipinski definition) is 1. The first-order chi connectivity index (χ1) is 12.7. The highest BCUT2D eigenvalue weighted by atomic mass is 16.1. The molecule has 0 saturated heterocycles. The molecule has 0 atom stereocenters. The quantitative estimate of drug-likeness (QED) is 0.577. The number of nitrogens with one attached hydrogen (secondary N) is 1. The fourth-order valence-electron chi connectivity index (χ4n) is 3.21. The molecule has 0 amide bonds. The molecule has 0 fully saturated rings. The molecule has 0 unspecified atom stereocenters. The van der Waals surface area contributed by atoms with E-state index < -0.39 is 0 Å². The van der Waals surface area contributed by atoms with Crippen molar-refractivity contribution in [1.29, 1.82) is 0 Å². The minimum absolute atomic E-state index is 0.0590. The molecule has 1 aromatic heterocycles. The second kappa shape index (κ2) is 6.89. The lowest BCUT2D eigenvalue weighted by Gasteiger charge is -2.20. The monoisotopic (exact) mass is 340 g/mol. The molecule has 4 rings (SSSR count). The predicted molar refractivity (Wildman–Crippen MR) is 109 cm³/mol. The maximum atomic E-state index is 12.6. The molecule has 1 heterocycles. The van der Waals surface area contributed by atoms with Crippen LogP contribution in [0.2, 0.25) is 0 Å². The number of anilines is 1. The van der Waals surface area contributed by atoms with Crippen molar-refractivity contribution in [2.75, 3.05) is 11.9 Å². The van der Waals surface area contributed by atoms with Crippen LogP contribution in [0.25, 0.3) is 22.0 Å². The van der Waals surface area contributed by atoms with Crippen molar-refractivity contribution in [2.45, 2.75) is 6.54 Å². The summed E-state index contributed by atoms with van der Waals surface area (Å²) in [6, 6.07) is 28.3. The Morgan fingerprint density at radius 3 is 2.27 bits per heavy atom. The van der Waals surface area contributed by atoms with Crippen molar-refractivity contribution < 1.29 is 0 Å². The van der Waals surface area contributed by atoms with Crippen LogP contribution < -0.4 is 10.5 Å². The molecule has 128 valence electrons. The van der Waals surface area contributed by atoms with Gasteiger partial charge in [-0.1, -0.05) is 66.7 Å². The van der Waals surface area contributed by atoms with E-state index in [9.17, 15) is 4.79 Å². The van der Waals surface area contributed by atoms with Crippen LogP contribution in [-0.4, -0.2) is 12.0 Å². The summed E-state index contributed by atoms with van der Waals surface area (Å²) in [4.78, 5) is 17.8. The van der Waals surface area contributed by atoms with Crippen LogP contribution in [0.4, 0.5) is 5.69 Å². The summed E-state index contributed by atoms with van der Waals surface area (Å²) in [6.45, 7) is 0.798. The summed E-state index contributed by atoms with van der Waals surface area (Å²) in [5.41, 5.74) is 4.06. The highest BCUT2D eigenvalue weighted by Crippen LogP contribution is 2.24. The van der Waals surface area contributed by atoms with Gasteiger partial charge in [-0.2, -0.15) is 0 Å². The topological polar surface area (TPSA) is 36.1 Å². The van der Waals surface area contributed by atoms with E-state index in [0.717, 1.165) is 28.9 Å². The van der Waals surface area contributed by atoms with Crippen LogP contribution in [0, 0.1) is 0 Å². The molecule has 0 bridgehead atoms. The molecule has 0 spiro atoms. The van der Waals surface area contributed by atoms with Gasteiger partial charge in [0, 0.05) is 30.4 Å². The Hall–Kier alpha value is -3.33. The fraction of sp³-hybridized carbons (Fsp3) is 0.0870. The molecule has 0 aliphatic rings. The van der Waals surface area contributed by atoms with Gasteiger partial charge in [0.15, 0.2) is 0 Å². The number of pyridine rings is 1. The van der Waals surface area contributed by atoms with Crippen molar-refractivity contribution in [3.8, 4) is 11.3 Å². The van der Waals surface area contributed by atoms with Gasteiger partial charge in [-0.15, -0.1) is 0 Å². The van der Waals surface area contributed by atoms with Crippen LogP contribution in [0.5, 0.6) is 0 Å². The third-order valence-corrected chi connectivity index (χ3v) is 4.62. The van der Waals surface area contributed by atoms with Gasteiger partial charge in [-0.25, -0.2) is 0 Å². The van der Waals surface area contributed by atoms with Gasteiger partial charge < -0.3 is 9.88 Å². The average molecular weight is 340 g/mol. The van der Waals surface area contributed by atoms with Crippen LogP contribution in [0.1, 0.15) is 5.56 Å². The Morgan fingerprint density at radius 2 is 1.54 bits per heavy atom. The Bertz CT molecular complexity index is 1090. The zero-order valence-corrected chi connectivity index (χ0v) is 14.6. The molecule has 3 nitrogen and oxygen atoms in total. The molecule has 0 saturated carbocycles. The predicted octanol–water partition coefficient (Wildman–Crippen LogP) is 4.83. The highest BCUT2D eigenvalue weighted by molar-refractivity contribution is 5.87. The summed E-state index contributed by atoms with van der Waals surface area (Å²) in [5, 5.41) is 1.66. The van der Waals surface area contributed by atoms with Gasteiger partial charge in [0.25, 0.3) is 5.56 Å². The zero-order chi connectivity index (χ0) is 17.9. The first-order valence-electron chi connectivity index (χ1n) is 8.68. The van der Waals surface area contributed by atoms with Crippen molar-refractivity contribution in [2.24, 2.45) is 0 Å². The lowest BCUT2D eigenvalue weighted by atomic mass is 10.1. The third kappa shape index (κ3) is 3.24. The molecule has 0 aliphatic heterocycles. The molecule has 1 N–H and O–H groups in total. The first kappa shape index (κ1) is 16.2. The first-order valence-corrected chi connectivity index (χ1v) is 8.68. The van der Waals surface area contributed by atoms with E-state index >= 15 is 0 Å². The van der Waals surface area contributed by atoms with Crippen molar-refractivity contribution in [3.63, 3.8) is 0 Å². The number of H-pyrrole nitrogens is 1. The van der Waals surface area contributed by atoms with Crippen LogP contribution >= 0.6 is 0 Å². The molecule has 0 radical (unpaired) electrons. The number of aromatic nitrogens is 1. The van der Waals surface area contributed by atoms with Gasteiger partial charge >= 0.3 is 0 Å². The molecule has 26 heavy (non-hydrogen) atoms. The Labute approximate surface area is 152 Å². The van der Waals surface area contributed by atoms with Gasteiger partial charge in [0.2, 0.25) is 0 Å². The Kier molecular flexibility index (Phi) is 4.28. The number of rotatable bonds is 4. The third-order valence-electron chi connectivity index (χ3n) is 4.62. The van der Waals surface area contributed by atoms with Crippen molar-refractivity contribution in [1.82, 2.24) is 4.98 Å². The van der Waals surface area contributed by atoms with E-state index in [0.29, 0.717) is 5.39 Å². The molecule has 4 aromatic rings. The Balaban J connectivity index is 1.69. The second-order valence-corrected chi connectivity index (χ2v) is 6.49. The molecule has 3 aromatic carbocycles. The largest absolute Gasteiger partial charge is 0.370 e. The average Bonchev–Trinajstić information content (AvgIpc) is 2.69. The number of nitrogens with zero attached hydrogens (tertiary/aromatic N) is 1. The van der Waals surface area contributed by atoms with Crippen LogP contribution in [-0.2, 0) is 6.54 Å². The standard InChI is InChI=1S/C23H20N2O/c1-25(16-17-8-4-2-5-9-17)20-13-12-19-14-22(18-10-6-3-7-11-18)24-23(26)21(19)15-20/h2-15H,16H2,1H3,(H,24,26). The van der Waals surface area contributed by atoms with E-state index in [1.165, 1.54) is 5.56 Å². The van der Waals surface area contributed by atoms with Gasteiger partial charge in [0.05, 0.1) is 0 Å². The lowest BCUT2D eigenvalue weighted by Crippen LogP contribution is -2.17. The minimum atomic E-state index is -0.0590. The second-order valence-electron chi connectivity index (χ2n) is 6.49. The number of benzene rings is 3. The van der Waals surface area contributed by atoms with Crippen LogP contribution in [0.15, 0.2) is 89.7 Å². The zero-order valence-electron chi connectivity index (χ0n) is 14.6. The maximum Gasteiger partial charge on any atom is 0.256 e. The molecule has 3 heteroatoms. The summed E-state index contributed by atoms with van der Waals surface area (Å²) >= 11 is 0. The summed E-state index contributed by atoms with van der Waals surface area (Å²) in [7, 11) is 2.04. The van der Waals surface area contributed by atoms with Crippen molar-refractivity contribution >= 4 is 16.5 Å². The molecular weight excluding hydrogens is 320 g/mol. The highest BCUT2D eigenvalue weighted by Gasteiger charge is 2.08. The van der Waals surface area contributed by atoms with E-state index in [2.05, 4.69) is 28.1 Å². The van der Waals surface area contributed by atoms with E-state index in [1.54, 1.807) is 0 Å².